The molecule has 0 aliphatic carbocycles. The van der Waals surface area contributed by atoms with Gasteiger partial charge in [0.15, 0.2) is 0 Å². The molecule has 3 nitrogen and oxygen atoms in total. The van der Waals surface area contributed by atoms with Crippen molar-refractivity contribution in [2.75, 3.05) is 0 Å². The Hall–Kier alpha value is -0.473. The molecule has 0 N–H and O–H groups in total. The molecule has 0 radical (unpaired) electrons. The van der Waals surface area contributed by atoms with Crippen LogP contribution in [-0.4, -0.2) is 13.2 Å². The summed E-state index contributed by atoms with van der Waals surface area (Å²) in [6.07, 6.45) is 4.05. The van der Waals surface area contributed by atoms with E-state index in [9.17, 15) is 0 Å². The highest BCUT2D eigenvalue weighted by Gasteiger charge is 2.42. The van der Waals surface area contributed by atoms with Gasteiger partial charge in [0, 0.05) is 10.1 Å². The topological polar surface area (TPSA) is 48.8 Å². The van der Waals surface area contributed by atoms with E-state index in [1.807, 2.05) is 0 Å². The summed E-state index contributed by atoms with van der Waals surface area (Å²) in [6.45, 7) is 6.62. The van der Waals surface area contributed by atoms with Gasteiger partial charge in [0.2, 0.25) is 0 Å². The largest absolute Gasteiger partial charge is 0.0908 e. The highest BCUT2D eigenvalue weighted by atomic mass is 28.3. The summed E-state index contributed by atoms with van der Waals surface area (Å²) in [5.74, 6) is 0. The van der Waals surface area contributed by atoms with Gasteiger partial charge in [0.05, 0.1) is 8.07 Å². The van der Waals surface area contributed by atoms with Crippen LogP contribution in [-0.2, 0) is 0 Å². The summed E-state index contributed by atoms with van der Waals surface area (Å²) in [6, 6.07) is 2.66. The number of hydrogen-bond acceptors (Lipinski definition) is 1. The number of hydrogen-bond donors (Lipinski definition) is 0. The van der Waals surface area contributed by atoms with Crippen LogP contribution in [0.25, 0.3) is 10.4 Å². The molecule has 1 aliphatic rings. The van der Waals surface area contributed by atoms with Crippen LogP contribution in [0.5, 0.6) is 0 Å². The fourth-order valence-corrected chi connectivity index (χ4v) is 6.00. The molecule has 1 heterocycles. The van der Waals surface area contributed by atoms with Crippen LogP contribution in [0.4, 0.5) is 0 Å². The van der Waals surface area contributed by atoms with E-state index in [1.165, 1.54) is 31.4 Å². The van der Waals surface area contributed by atoms with Gasteiger partial charge in [-0.3, -0.25) is 0 Å². The molecule has 0 atom stereocenters. The molecule has 0 aromatic carbocycles. The first-order chi connectivity index (χ1) is 6.02. The predicted molar refractivity (Wildman–Crippen MR) is 58.3 cm³/mol. The van der Waals surface area contributed by atoms with Crippen molar-refractivity contribution in [3.05, 3.63) is 10.4 Å². The van der Waals surface area contributed by atoms with Crippen LogP contribution in [0.2, 0.25) is 18.6 Å². The predicted octanol–water partition coefficient (Wildman–Crippen LogP) is 3.88. The minimum atomic E-state index is -1.31. The highest BCUT2D eigenvalue weighted by molar-refractivity contribution is 6.81. The third kappa shape index (κ3) is 2.06. The van der Waals surface area contributed by atoms with Crippen LogP contribution in [0.15, 0.2) is 5.11 Å². The molecule has 1 saturated heterocycles. The first kappa shape index (κ1) is 10.6. The Bertz CT molecular complexity index is 225. The molecule has 0 amide bonds. The Balaban J connectivity index is 2.82. The van der Waals surface area contributed by atoms with Crippen LogP contribution in [0, 0.1) is 0 Å². The van der Waals surface area contributed by atoms with E-state index in [4.69, 9.17) is 5.53 Å². The maximum Gasteiger partial charge on any atom is 0.0635 e. The second kappa shape index (κ2) is 3.72. The first-order valence-corrected chi connectivity index (χ1v) is 7.99. The van der Waals surface area contributed by atoms with Crippen molar-refractivity contribution >= 4 is 8.07 Å². The average molecular weight is 197 g/mol. The number of azide groups is 1. The molecule has 0 bridgehead atoms. The minimum absolute atomic E-state index is 0.0951. The Labute approximate surface area is 81.2 Å². The zero-order chi connectivity index (χ0) is 9.95. The standard InChI is InChI=1S/C9H19N3Si/c1-9(2,11-12-10)13(3)7-5-4-6-8-13/h4-8H2,1-3H3. The molecule has 4 heteroatoms. The molecule has 0 spiro atoms. The van der Waals surface area contributed by atoms with E-state index >= 15 is 0 Å². The monoisotopic (exact) mass is 197 g/mol. The SMILES string of the molecule is CC(C)(N=[N+]=[N-])[Si]1(C)CCCCC1. The Morgan fingerprint density at radius 2 is 1.77 bits per heavy atom. The lowest BCUT2D eigenvalue weighted by Crippen LogP contribution is -2.51. The van der Waals surface area contributed by atoms with Crippen molar-refractivity contribution in [3.63, 3.8) is 0 Å². The fraction of sp³-hybridized carbons (Fsp3) is 1.00. The van der Waals surface area contributed by atoms with Gasteiger partial charge in [-0.25, -0.2) is 0 Å². The summed E-state index contributed by atoms with van der Waals surface area (Å²) < 4.78 is 0. The summed E-state index contributed by atoms with van der Waals surface area (Å²) in [4.78, 5) is 2.99. The quantitative estimate of drug-likeness (QED) is 0.279. The van der Waals surface area contributed by atoms with Crippen LogP contribution in [0.3, 0.4) is 0 Å². The molecule has 0 aromatic heterocycles. The third-order valence-electron chi connectivity index (χ3n) is 3.73. The van der Waals surface area contributed by atoms with E-state index < -0.39 is 8.07 Å². The molecule has 1 aliphatic heterocycles. The van der Waals surface area contributed by atoms with Crippen molar-refractivity contribution in [1.29, 1.82) is 0 Å². The van der Waals surface area contributed by atoms with Gasteiger partial charge < -0.3 is 0 Å². The highest BCUT2D eigenvalue weighted by Crippen LogP contribution is 2.38. The second-order valence-electron chi connectivity index (χ2n) is 4.87. The van der Waals surface area contributed by atoms with Crippen molar-refractivity contribution < 1.29 is 0 Å². The van der Waals surface area contributed by atoms with E-state index in [0.717, 1.165) is 0 Å². The normalized spacial score (nSPS) is 22.1. The van der Waals surface area contributed by atoms with Gasteiger partial charge in [0.1, 0.15) is 0 Å². The maximum absolute atomic E-state index is 8.53. The molecule has 1 fully saturated rings. The van der Waals surface area contributed by atoms with Gasteiger partial charge in [-0.05, 0) is 5.53 Å². The molecule has 1 rings (SSSR count). The van der Waals surface area contributed by atoms with Gasteiger partial charge in [-0.2, -0.15) is 0 Å². The summed E-state index contributed by atoms with van der Waals surface area (Å²) in [5, 5.41) is 3.90. The summed E-state index contributed by atoms with van der Waals surface area (Å²) in [5.41, 5.74) is 8.53. The fourth-order valence-electron chi connectivity index (χ4n) is 2.18. The van der Waals surface area contributed by atoms with Gasteiger partial charge in [-0.15, -0.1) is 0 Å². The van der Waals surface area contributed by atoms with Crippen molar-refractivity contribution in [2.45, 2.75) is 56.9 Å². The summed E-state index contributed by atoms with van der Waals surface area (Å²) in [7, 11) is -1.31. The number of rotatable bonds is 2. The van der Waals surface area contributed by atoms with Gasteiger partial charge >= 0.3 is 0 Å². The van der Waals surface area contributed by atoms with Crippen LogP contribution < -0.4 is 0 Å². The molecule has 0 aromatic rings. The Kier molecular flexibility index (Phi) is 3.04. The third-order valence-corrected chi connectivity index (χ3v) is 9.70. The molecular formula is C9H19N3Si. The van der Waals surface area contributed by atoms with Crippen molar-refractivity contribution in [3.8, 4) is 0 Å². The van der Waals surface area contributed by atoms with Gasteiger partial charge in [0.25, 0.3) is 0 Å². The van der Waals surface area contributed by atoms with Crippen LogP contribution in [0.1, 0.15) is 33.1 Å². The zero-order valence-electron chi connectivity index (χ0n) is 8.88. The lowest BCUT2D eigenvalue weighted by atomic mass is 10.3. The zero-order valence-corrected chi connectivity index (χ0v) is 9.88. The van der Waals surface area contributed by atoms with Crippen molar-refractivity contribution in [1.82, 2.24) is 0 Å². The minimum Gasteiger partial charge on any atom is -0.0908 e. The lowest BCUT2D eigenvalue weighted by molar-refractivity contribution is 0.620. The number of nitrogens with zero attached hydrogens (tertiary/aromatic N) is 3. The van der Waals surface area contributed by atoms with E-state index in [2.05, 4.69) is 30.4 Å². The smallest absolute Gasteiger partial charge is 0.0635 e. The van der Waals surface area contributed by atoms with Gasteiger partial charge in [-0.1, -0.05) is 56.9 Å². The molecule has 74 valence electrons. The second-order valence-corrected chi connectivity index (χ2v) is 10.2. The first-order valence-electron chi connectivity index (χ1n) is 5.08. The molecule has 0 saturated carbocycles. The lowest BCUT2D eigenvalue weighted by Gasteiger charge is -2.42. The van der Waals surface area contributed by atoms with E-state index in [0.29, 0.717) is 0 Å². The van der Waals surface area contributed by atoms with E-state index in [-0.39, 0.29) is 5.16 Å². The Morgan fingerprint density at radius 1 is 1.23 bits per heavy atom. The van der Waals surface area contributed by atoms with Crippen molar-refractivity contribution in [2.24, 2.45) is 5.11 Å². The van der Waals surface area contributed by atoms with Crippen LogP contribution >= 0.6 is 0 Å². The molecule has 13 heavy (non-hydrogen) atoms. The average Bonchev–Trinajstić information content (AvgIpc) is 2.05. The molecular weight excluding hydrogens is 178 g/mol. The van der Waals surface area contributed by atoms with E-state index in [1.54, 1.807) is 0 Å². The summed E-state index contributed by atoms with van der Waals surface area (Å²) >= 11 is 0. The maximum atomic E-state index is 8.53. The Morgan fingerprint density at radius 3 is 2.23 bits per heavy atom. The molecule has 0 unspecified atom stereocenters.